The van der Waals surface area contributed by atoms with E-state index >= 15 is 0 Å². The lowest BCUT2D eigenvalue weighted by atomic mass is 9.95. The number of nitrogens with one attached hydrogen (secondary N) is 1. The molecule has 2 amide bonds. The molecular formula is C30H31N3O4. The van der Waals surface area contributed by atoms with Crippen molar-refractivity contribution < 1.29 is 19.1 Å². The van der Waals surface area contributed by atoms with E-state index < -0.39 is 0 Å². The summed E-state index contributed by atoms with van der Waals surface area (Å²) in [4.78, 5) is 28.3. The molecule has 2 heterocycles. The van der Waals surface area contributed by atoms with Crippen molar-refractivity contribution in [3.63, 3.8) is 0 Å². The van der Waals surface area contributed by atoms with Crippen molar-refractivity contribution in [2.24, 2.45) is 7.05 Å². The number of rotatable bonds is 8. The normalized spacial score (nSPS) is 14.6. The van der Waals surface area contributed by atoms with Gasteiger partial charge in [-0.05, 0) is 48.7 Å². The molecule has 0 fully saturated rings. The Balaban J connectivity index is 1.37. The molecule has 1 atom stereocenters. The van der Waals surface area contributed by atoms with E-state index in [0.29, 0.717) is 30.0 Å². The predicted octanol–water partition coefficient (Wildman–Crippen LogP) is 4.41. The number of ether oxygens (including phenoxy) is 2. The van der Waals surface area contributed by atoms with Crippen LogP contribution in [0.15, 0.2) is 66.7 Å². The number of amides is 2. The standard InChI is InChI=1S/C30H31N3O4/c1-19-28(23-11-7-8-12-24(23)32(19)2)29-21-9-5-6-10-22(21)30(35)33(29)18-27(34)31-16-15-20-13-14-25(36-3)26(17-20)37-4/h5-14,17,29H,15-16,18H2,1-4H3,(H,31,34)/t29-/m0/s1. The summed E-state index contributed by atoms with van der Waals surface area (Å²) in [5.41, 5.74) is 5.85. The molecule has 1 aliphatic heterocycles. The molecule has 1 N–H and O–H groups in total. The highest BCUT2D eigenvalue weighted by Crippen LogP contribution is 2.43. The number of methoxy groups -OCH3 is 2. The van der Waals surface area contributed by atoms with Crippen LogP contribution < -0.4 is 14.8 Å². The molecule has 37 heavy (non-hydrogen) atoms. The van der Waals surface area contributed by atoms with Crippen LogP contribution in [0.4, 0.5) is 0 Å². The molecule has 0 aliphatic carbocycles. The third kappa shape index (κ3) is 4.31. The molecule has 0 spiro atoms. The second-order valence-electron chi connectivity index (χ2n) is 9.29. The van der Waals surface area contributed by atoms with E-state index in [4.69, 9.17) is 9.47 Å². The minimum absolute atomic E-state index is 0.0211. The molecule has 0 unspecified atom stereocenters. The van der Waals surface area contributed by atoms with Crippen molar-refractivity contribution in [3.05, 3.63) is 94.7 Å². The largest absolute Gasteiger partial charge is 0.493 e. The minimum Gasteiger partial charge on any atom is -0.493 e. The molecule has 0 radical (unpaired) electrons. The van der Waals surface area contributed by atoms with Crippen LogP contribution in [0.5, 0.6) is 11.5 Å². The van der Waals surface area contributed by atoms with Crippen molar-refractivity contribution in [1.29, 1.82) is 0 Å². The Morgan fingerprint density at radius 1 is 0.973 bits per heavy atom. The van der Waals surface area contributed by atoms with Crippen molar-refractivity contribution in [3.8, 4) is 11.5 Å². The summed E-state index contributed by atoms with van der Waals surface area (Å²) < 4.78 is 12.8. The van der Waals surface area contributed by atoms with E-state index in [-0.39, 0.29) is 24.4 Å². The molecule has 1 aliphatic rings. The highest BCUT2D eigenvalue weighted by atomic mass is 16.5. The first-order chi connectivity index (χ1) is 17.9. The van der Waals surface area contributed by atoms with Crippen LogP contribution in [-0.4, -0.2) is 48.6 Å². The Hall–Kier alpha value is -4.26. The topological polar surface area (TPSA) is 72.8 Å². The fraction of sp³-hybridized carbons (Fsp3) is 0.267. The van der Waals surface area contributed by atoms with Crippen LogP contribution in [-0.2, 0) is 18.3 Å². The lowest BCUT2D eigenvalue weighted by Gasteiger charge is -2.26. The zero-order chi connectivity index (χ0) is 26.1. The van der Waals surface area contributed by atoms with Crippen LogP contribution >= 0.6 is 0 Å². The maximum Gasteiger partial charge on any atom is 0.255 e. The van der Waals surface area contributed by atoms with Crippen molar-refractivity contribution in [2.75, 3.05) is 27.3 Å². The van der Waals surface area contributed by atoms with Crippen LogP contribution in [0, 0.1) is 6.92 Å². The first-order valence-corrected chi connectivity index (χ1v) is 12.4. The third-order valence-electron chi connectivity index (χ3n) is 7.28. The quantitative estimate of drug-likeness (QED) is 0.392. The first-order valence-electron chi connectivity index (χ1n) is 12.4. The Morgan fingerprint density at radius 2 is 1.70 bits per heavy atom. The molecule has 7 heteroatoms. The average molecular weight is 498 g/mol. The molecule has 0 bridgehead atoms. The predicted molar refractivity (Wildman–Crippen MR) is 143 cm³/mol. The molecule has 1 aromatic heterocycles. The molecule has 0 saturated carbocycles. The van der Waals surface area contributed by atoms with E-state index in [9.17, 15) is 9.59 Å². The maximum atomic E-state index is 13.5. The van der Waals surface area contributed by atoms with Gasteiger partial charge >= 0.3 is 0 Å². The van der Waals surface area contributed by atoms with Gasteiger partial charge in [0.2, 0.25) is 5.91 Å². The first kappa shape index (κ1) is 24.4. The van der Waals surface area contributed by atoms with Crippen LogP contribution in [0.3, 0.4) is 0 Å². The second-order valence-corrected chi connectivity index (χ2v) is 9.29. The van der Waals surface area contributed by atoms with Gasteiger partial charge in [-0.1, -0.05) is 42.5 Å². The van der Waals surface area contributed by atoms with Gasteiger partial charge in [0, 0.05) is 41.3 Å². The molecular weight excluding hydrogens is 466 g/mol. The van der Waals surface area contributed by atoms with Crippen LogP contribution in [0.2, 0.25) is 0 Å². The lowest BCUT2D eigenvalue weighted by molar-refractivity contribution is -0.122. The number of hydrogen-bond donors (Lipinski definition) is 1. The highest BCUT2D eigenvalue weighted by molar-refractivity contribution is 6.02. The van der Waals surface area contributed by atoms with Gasteiger partial charge in [-0.15, -0.1) is 0 Å². The fourth-order valence-corrected chi connectivity index (χ4v) is 5.33. The zero-order valence-corrected chi connectivity index (χ0v) is 21.6. The lowest BCUT2D eigenvalue weighted by Crippen LogP contribution is -2.40. The number of aromatic nitrogens is 1. The van der Waals surface area contributed by atoms with Gasteiger partial charge in [0.1, 0.15) is 6.54 Å². The maximum absolute atomic E-state index is 13.5. The molecule has 190 valence electrons. The summed E-state index contributed by atoms with van der Waals surface area (Å²) in [7, 11) is 5.24. The average Bonchev–Trinajstić information content (AvgIpc) is 3.33. The monoisotopic (exact) mass is 497 g/mol. The summed E-state index contributed by atoms with van der Waals surface area (Å²) in [5, 5.41) is 4.08. The van der Waals surface area contributed by atoms with Crippen molar-refractivity contribution >= 4 is 22.7 Å². The minimum atomic E-state index is -0.327. The number of carbonyl (C=O) groups is 2. The van der Waals surface area contributed by atoms with E-state index in [2.05, 4.69) is 28.9 Å². The number of para-hydroxylation sites is 1. The van der Waals surface area contributed by atoms with E-state index in [1.54, 1.807) is 19.1 Å². The number of carbonyl (C=O) groups excluding carboxylic acids is 2. The number of benzene rings is 3. The smallest absolute Gasteiger partial charge is 0.255 e. The van der Waals surface area contributed by atoms with E-state index in [1.807, 2.05) is 61.6 Å². The van der Waals surface area contributed by atoms with Gasteiger partial charge in [-0.2, -0.15) is 0 Å². The number of aryl methyl sites for hydroxylation is 1. The number of nitrogens with zero attached hydrogens (tertiary/aromatic N) is 2. The Bertz CT molecular complexity index is 1490. The summed E-state index contributed by atoms with van der Waals surface area (Å²) >= 11 is 0. The number of fused-ring (bicyclic) bond motifs is 2. The molecule has 0 saturated heterocycles. The van der Waals surface area contributed by atoms with Crippen molar-refractivity contribution in [1.82, 2.24) is 14.8 Å². The summed E-state index contributed by atoms with van der Waals surface area (Å²) in [6.07, 6.45) is 0.631. The molecule has 5 rings (SSSR count). The fourth-order valence-electron chi connectivity index (χ4n) is 5.33. The van der Waals surface area contributed by atoms with Crippen LogP contribution in [0.25, 0.3) is 10.9 Å². The second kappa shape index (κ2) is 10.0. The number of hydrogen-bond acceptors (Lipinski definition) is 4. The summed E-state index contributed by atoms with van der Waals surface area (Å²) in [5.74, 6) is 1.00. The Morgan fingerprint density at radius 3 is 2.49 bits per heavy atom. The van der Waals surface area contributed by atoms with E-state index in [1.165, 1.54) is 0 Å². The highest BCUT2D eigenvalue weighted by Gasteiger charge is 2.40. The van der Waals surface area contributed by atoms with Gasteiger partial charge < -0.3 is 24.3 Å². The molecule has 3 aromatic carbocycles. The van der Waals surface area contributed by atoms with Gasteiger partial charge in [0.15, 0.2) is 11.5 Å². The summed E-state index contributed by atoms with van der Waals surface area (Å²) in [6, 6.07) is 21.3. The van der Waals surface area contributed by atoms with Gasteiger partial charge in [0.25, 0.3) is 5.91 Å². The summed E-state index contributed by atoms with van der Waals surface area (Å²) in [6.45, 7) is 2.50. The Labute approximate surface area is 216 Å². The van der Waals surface area contributed by atoms with Gasteiger partial charge in [-0.3, -0.25) is 9.59 Å². The third-order valence-corrected chi connectivity index (χ3v) is 7.28. The van der Waals surface area contributed by atoms with Crippen LogP contribution in [0.1, 0.15) is 38.8 Å². The molecule has 4 aromatic rings. The SMILES string of the molecule is COc1ccc(CCNC(=O)CN2C(=O)c3ccccc3[C@H]2c2c(C)n(C)c3ccccc23)cc1OC. The molecule has 7 nitrogen and oxygen atoms in total. The van der Waals surface area contributed by atoms with Gasteiger partial charge in [0.05, 0.1) is 20.3 Å². The Kier molecular flexibility index (Phi) is 6.61. The van der Waals surface area contributed by atoms with Gasteiger partial charge in [-0.25, -0.2) is 0 Å². The van der Waals surface area contributed by atoms with Crippen molar-refractivity contribution in [2.45, 2.75) is 19.4 Å². The zero-order valence-electron chi connectivity index (χ0n) is 21.6. The van der Waals surface area contributed by atoms with E-state index in [0.717, 1.165) is 33.3 Å².